The van der Waals surface area contributed by atoms with E-state index >= 15 is 0 Å². The lowest BCUT2D eigenvalue weighted by Crippen LogP contribution is -2.22. The van der Waals surface area contributed by atoms with E-state index < -0.39 is 0 Å². The fraction of sp³-hybridized carbons (Fsp3) is 0.267. The maximum Gasteiger partial charge on any atom is 0.243 e. The summed E-state index contributed by atoms with van der Waals surface area (Å²) < 4.78 is 2.31. The van der Waals surface area contributed by atoms with Crippen molar-refractivity contribution in [2.45, 2.75) is 45.6 Å². The Morgan fingerprint density at radius 2 is 1.74 bits per heavy atom. The number of amides is 1. The second-order valence-electron chi connectivity index (χ2n) is 8.79. The molecule has 4 heteroatoms. The number of nitrogens with one attached hydrogen (secondary N) is 1. The maximum absolute atomic E-state index is 12.2. The molecule has 174 valence electrons. The van der Waals surface area contributed by atoms with Gasteiger partial charge in [0.2, 0.25) is 5.91 Å². The molecular formula is C30H33N3O. The quantitative estimate of drug-likeness (QED) is 0.225. The molecule has 3 aromatic carbocycles. The van der Waals surface area contributed by atoms with E-state index in [0.29, 0.717) is 12.5 Å². The van der Waals surface area contributed by atoms with Crippen molar-refractivity contribution < 1.29 is 4.79 Å². The molecule has 0 saturated heterocycles. The summed E-state index contributed by atoms with van der Waals surface area (Å²) in [5, 5.41) is 2.99. The van der Waals surface area contributed by atoms with Gasteiger partial charge < -0.3 is 9.88 Å². The summed E-state index contributed by atoms with van der Waals surface area (Å²) in [6.07, 6.45) is 6.21. The van der Waals surface area contributed by atoms with Crippen LogP contribution in [0.25, 0.3) is 17.1 Å². The summed E-state index contributed by atoms with van der Waals surface area (Å²) >= 11 is 0. The molecule has 1 aromatic heterocycles. The number of carbonyl (C=O) groups is 1. The highest BCUT2D eigenvalue weighted by Crippen LogP contribution is 2.22. The summed E-state index contributed by atoms with van der Waals surface area (Å²) in [4.78, 5) is 17.1. The van der Waals surface area contributed by atoms with Gasteiger partial charge in [-0.15, -0.1) is 0 Å². The summed E-state index contributed by atoms with van der Waals surface area (Å²) in [6.45, 7) is 5.91. The fourth-order valence-corrected chi connectivity index (χ4v) is 4.12. The maximum atomic E-state index is 12.2. The Kier molecular flexibility index (Phi) is 7.92. The first-order valence-corrected chi connectivity index (χ1v) is 12.2. The first-order chi connectivity index (χ1) is 16.6. The third-order valence-corrected chi connectivity index (χ3v) is 6.34. The van der Waals surface area contributed by atoms with E-state index in [-0.39, 0.29) is 5.91 Å². The van der Waals surface area contributed by atoms with Crippen molar-refractivity contribution in [2.24, 2.45) is 0 Å². The van der Waals surface area contributed by atoms with Crippen LogP contribution in [-0.2, 0) is 17.8 Å². The van der Waals surface area contributed by atoms with Gasteiger partial charge in [-0.3, -0.25) is 4.79 Å². The Labute approximate surface area is 202 Å². The molecule has 0 bridgehead atoms. The minimum atomic E-state index is -0.0706. The largest absolute Gasteiger partial charge is 0.353 e. The Morgan fingerprint density at radius 1 is 1.00 bits per heavy atom. The molecule has 0 fully saturated rings. The van der Waals surface area contributed by atoms with Crippen molar-refractivity contribution in [3.05, 3.63) is 107 Å². The Morgan fingerprint density at radius 3 is 2.50 bits per heavy atom. The number of carbonyl (C=O) groups excluding carboxylic acids is 1. The van der Waals surface area contributed by atoms with Gasteiger partial charge >= 0.3 is 0 Å². The Balaban J connectivity index is 1.39. The molecule has 1 unspecified atom stereocenters. The smallest absolute Gasteiger partial charge is 0.243 e. The van der Waals surface area contributed by atoms with Crippen LogP contribution in [0.2, 0.25) is 0 Å². The predicted molar refractivity (Wildman–Crippen MR) is 141 cm³/mol. The van der Waals surface area contributed by atoms with E-state index in [0.717, 1.165) is 48.2 Å². The number of fused-ring (bicyclic) bond motifs is 1. The van der Waals surface area contributed by atoms with E-state index in [9.17, 15) is 4.79 Å². The minimum absolute atomic E-state index is 0.0706. The Bertz CT molecular complexity index is 1240. The molecule has 0 spiro atoms. The van der Waals surface area contributed by atoms with Crippen LogP contribution in [0.4, 0.5) is 0 Å². The number of hydrogen-bond donors (Lipinski definition) is 1. The average Bonchev–Trinajstić information content (AvgIpc) is 3.23. The standard InChI is InChI=1S/C30H33N3O/c1-3-23(2)26-18-15-25(16-19-26)22-33-28-13-8-7-12-27(28)32-29(33)14-9-21-31-30(34)20-17-24-10-5-4-6-11-24/h4-8,10-13,15-20,23H,3,9,14,21-22H2,1-2H3,(H,31,34)/b20-17-. The van der Waals surface area contributed by atoms with Gasteiger partial charge in [-0.2, -0.15) is 0 Å². The number of imidazole rings is 1. The van der Waals surface area contributed by atoms with Crippen molar-refractivity contribution in [2.75, 3.05) is 6.54 Å². The summed E-state index contributed by atoms with van der Waals surface area (Å²) in [5.74, 6) is 1.57. The molecule has 1 atom stereocenters. The van der Waals surface area contributed by atoms with Crippen LogP contribution < -0.4 is 5.32 Å². The molecule has 0 aliphatic rings. The van der Waals surface area contributed by atoms with Crippen molar-refractivity contribution in [1.29, 1.82) is 0 Å². The van der Waals surface area contributed by atoms with Gasteiger partial charge in [0, 0.05) is 25.6 Å². The van der Waals surface area contributed by atoms with Gasteiger partial charge in [0.05, 0.1) is 11.0 Å². The molecule has 0 radical (unpaired) electrons. The molecule has 4 rings (SSSR count). The molecule has 1 N–H and O–H groups in total. The van der Waals surface area contributed by atoms with Crippen LogP contribution in [-0.4, -0.2) is 22.0 Å². The highest BCUT2D eigenvalue weighted by atomic mass is 16.1. The summed E-state index contributed by atoms with van der Waals surface area (Å²) in [5.41, 5.74) is 5.85. The summed E-state index contributed by atoms with van der Waals surface area (Å²) in [7, 11) is 0. The highest BCUT2D eigenvalue weighted by Gasteiger charge is 2.11. The van der Waals surface area contributed by atoms with Gasteiger partial charge in [-0.1, -0.05) is 80.6 Å². The number of rotatable bonds is 10. The lowest BCUT2D eigenvalue weighted by Gasteiger charge is -2.12. The predicted octanol–water partition coefficient (Wildman–Crippen LogP) is 6.36. The molecule has 4 aromatic rings. The van der Waals surface area contributed by atoms with Gasteiger partial charge in [-0.05, 0) is 53.7 Å². The van der Waals surface area contributed by atoms with Crippen LogP contribution in [0.1, 0.15) is 55.1 Å². The first-order valence-electron chi connectivity index (χ1n) is 12.2. The van der Waals surface area contributed by atoms with Crippen LogP contribution in [0.5, 0.6) is 0 Å². The van der Waals surface area contributed by atoms with Crippen LogP contribution in [0.15, 0.2) is 84.9 Å². The molecule has 1 heterocycles. The number of aryl methyl sites for hydroxylation is 1. The monoisotopic (exact) mass is 451 g/mol. The van der Waals surface area contributed by atoms with Crippen molar-refractivity contribution >= 4 is 23.0 Å². The number of para-hydroxylation sites is 2. The van der Waals surface area contributed by atoms with Gasteiger partial charge in [0.25, 0.3) is 0 Å². The minimum Gasteiger partial charge on any atom is -0.353 e. The van der Waals surface area contributed by atoms with Crippen LogP contribution >= 0.6 is 0 Å². The highest BCUT2D eigenvalue weighted by molar-refractivity contribution is 5.91. The van der Waals surface area contributed by atoms with Crippen LogP contribution in [0.3, 0.4) is 0 Å². The van der Waals surface area contributed by atoms with Gasteiger partial charge in [-0.25, -0.2) is 4.98 Å². The molecule has 1 amide bonds. The lowest BCUT2D eigenvalue weighted by molar-refractivity contribution is -0.116. The van der Waals surface area contributed by atoms with E-state index in [1.807, 2.05) is 42.5 Å². The molecule has 4 nitrogen and oxygen atoms in total. The number of benzene rings is 3. The second-order valence-corrected chi connectivity index (χ2v) is 8.79. The van der Waals surface area contributed by atoms with Crippen molar-refractivity contribution in [1.82, 2.24) is 14.9 Å². The zero-order valence-corrected chi connectivity index (χ0v) is 20.1. The second kappa shape index (κ2) is 11.5. The zero-order valence-electron chi connectivity index (χ0n) is 20.1. The third-order valence-electron chi connectivity index (χ3n) is 6.34. The van der Waals surface area contributed by atoms with Gasteiger partial charge in [0.1, 0.15) is 5.82 Å². The number of hydrogen-bond acceptors (Lipinski definition) is 2. The van der Waals surface area contributed by atoms with Crippen molar-refractivity contribution in [3.8, 4) is 0 Å². The topological polar surface area (TPSA) is 46.9 Å². The van der Waals surface area contributed by atoms with E-state index in [1.54, 1.807) is 6.08 Å². The fourth-order valence-electron chi connectivity index (χ4n) is 4.12. The van der Waals surface area contributed by atoms with E-state index in [4.69, 9.17) is 4.98 Å². The third kappa shape index (κ3) is 6.02. The molecule has 0 saturated carbocycles. The lowest BCUT2D eigenvalue weighted by atomic mass is 9.97. The first kappa shape index (κ1) is 23.5. The molecule has 0 aliphatic carbocycles. The van der Waals surface area contributed by atoms with E-state index in [1.165, 1.54) is 11.1 Å². The zero-order chi connectivity index (χ0) is 23.8. The summed E-state index contributed by atoms with van der Waals surface area (Å²) in [6, 6.07) is 27.1. The SMILES string of the molecule is CCC(C)c1ccc(Cn2c(CCCNC(=O)/C=C\c3ccccc3)nc3ccccc32)cc1. The Hall–Kier alpha value is -3.66. The number of aromatic nitrogens is 2. The van der Waals surface area contributed by atoms with Gasteiger partial charge in [0.15, 0.2) is 0 Å². The molecule has 0 aliphatic heterocycles. The van der Waals surface area contributed by atoms with Crippen LogP contribution in [0, 0.1) is 0 Å². The van der Waals surface area contributed by atoms with E-state index in [2.05, 4.69) is 66.2 Å². The molecule has 34 heavy (non-hydrogen) atoms. The number of nitrogens with zero attached hydrogens (tertiary/aromatic N) is 2. The molecular weight excluding hydrogens is 418 g/mol. The van der Waals surface area contributed by atoms with Crippen molar-refractivity contribution in [3.63, 3.8) is 0 Å². The average molecular weight is 452 g/mol. The normalized spacial score (nSPS) is 12.3.